The Morgan fingerprint density at radius 2 is 1.74 bits per heavy atom. The van der Waals surface area contributed by atoms with E-state index in [0.29, 0.717) is 44.1 Å². The second-order valence-electron chi connectivity index (χ2n) is 8.27. The van der Waals surface area contributed by atoms with Crippen molar-refractivity contribution in [3.8, 4) is 0 Å². The minimum atomic E-state index is -0.392. The normalized spacial score (nSPS) is 14.5. The maximum atomic E-state index is 12.8. The van der Waals surface area contributed by atoms with Crippen molar-refractivity contribution in [2.75, 3.05) is 25.0 Å². The fourth-order valence-electron chi connectivity index (χ4n) is 3.33. The first-order valence-corrected chi connectivity index (χ1v) is 11.4. The summed E-state index contributed by atoms with van der Waals surface area (Å²) in [4.78, 5) is 39.1. The fourth-order valence-corrected chi connectivity index (χ4v) is 4.04. The summed E-state index contributed by atoms with van der Waals surface area (Å²) in [5.74, 6) is -0.0847. The lowest BCUT2D eigenvalue weighted by Gasteiger charge is -2.30. The minimum Gasteiger partial charge on any atom is -0.356 e. The van der Waals surface area contributed by atoms with Crippen molar-refractivity contribution in [1.29, 1.82) is 0 Å². The van der Waals surface area contributed by atoms with Gasteiger partial charge in [-0.05, 0) is 44.2 Å². The molecular formula is C22H29N5O3S. The van der Waals surface area contributed by atoms with Crippen molar-refractivity contribution in [3.63, 3.8) is 0 Å². The van der Waals surface area contributed by atoms with Gasteiger partial charge in [-0.25, -0.2) is 0 Å². The van der Waals surface area contributed by atoms with Gasteiger partial charge in [-0.3, -0.25) is 14.4 Å². The lowest BCUT2D eigenvalue weighted by Crippen LogP contribution is -2.43. The molecule has 8 nitrogen and oxygen atoms in total. The Morgan fingerprint density at radius 3 is 2.39 bits per heavy atom. The molecule has 0 bridgehead atoms. The molecule has 2 N–H and O–H groups in total. The molecule has 0 saturated carbocycles. The highest BCUT2D eigenvalue weighted by atomic mass is 32.1. The lowest BCUT2D eigenvalue weighted by atomic mass is 9.95. The van der Waals surface area contributed by atoms with Crippen molar-refractivity contribution >= 4 is 34.7 Å². The predicted molar refractivity (Wildman–Crippen MR) is 120 cm³/mol. The summed E-state index contributed by atoms with van der Waals surface area (Å²) in [5.41, 5.74) is 1.76. The quantitative estimate of drug-likeness (QED) is 0.684. The van der Waals surface area contributed by atoms with E-state index in [1.54, 1.807) is 4.90 Å². The Hall–Kier alpha value is -2.81. The molecule has 1 saturated heterocycles. The molecule has 31 heavy (non-hydrogen) atoms. The summed E-state index contributed by atoms with van der Waals surface area (Å²) < 4.78 is 0. The standard InChI is InChI=1S/C22H29N5O3S/c1-14(2)8-11-23-18(28)16-9-12-27(13-10-16)22(30)21-26-25-20(31-21)19(29)24-17-6-4-15(3)5-7-17/h4-7,14,16H,8-13H2,1-3H3,(H,23,28)(H,24,29). The van der Waals surface area contributed by atoms with Crippen molar-refractivity contribution in [2.45, 2.75) is 40.0 Å². The first-order valence-electron chi connectivity index (χ1n) is 10.6. The maximum absolute atomic E-state index is 12.8. The predicted octanol–water partition coefficient (Wildman–Crippen LogP) is 3.11. The zero-order chi connectivity index (χ0) is 22.4. The third-order valence-corrected chi connectivity index (χ3v) is 6.20. The largest absolute Gasteiger partial charge is 0.356 e. The van der Waals surface area contributed by atoms with Gasteiger partial charge in [0.15, 0.2) is 0 Å². The Kier molecular flexibility index (Phi) is 7.73. The van der Waals surface area contributed by atoms with E-state index < -0.39 is 5.91 Å². The molecule has 1 aromatic carbocycles. The number of likely N-dealkylation sites (tertiary alicyclic amines) is 1. The van der Waals surface area contributed by atoms with Gasteiger partial charge in [0.25, 0.3) is 11.8 Å². The van der Waals surface area contributed by atoms with Crippen LogP contribution in [0, 0.1) is 18.8 Å². The smallest absolute Gasteiger partial charge is 0.286 e. The van der Waals surface area contributed by atoms with Crippen LogP contribution in [-0.4, -0.2) is 52.5 Å². The molecule has 0 spiro atoms. The van der Waals surface area contributed by atoms with Crippen molar-refractivity contribution in [3.05, 3.63) is 39.8 Å². The molecule has 1 aliphatic heterocycles. The van der Waals surface area contributed by atoms with Crippen LogP contribution in [0.2, 0.25) is 0 Å². The lowest BCUT2D eigenvalue weighted by molar-refractivity contribution is -0.126. The first-order chi connectivity index (χ1) is 14.8. The molecule has 0 unspecified atom stereocenters. The highest BCUT2D eigenvalue weighted by Gasteiger charge is 2.29. The van der Waals surface area contributed by atoms with Gasteiger partial charge in [0.1, 0.15) is 0 Å². The molecule has 2 heterocycles. The third-order valence-electron chi connectivity index (χ3n) is 5.29. The van der Waals surface area contributed by atoms with E-state index in [1.165, 1.54) is 0 Å². The topological polar surface area (TPSA) is 104 Å². The van der Waals surface area contributed by atoms with E-state index in [0.717, 1.165) is 23.3 Å². The molecule has 3 rings (SSSR count). The Morgan fingerprint density at radius 1 is 1.10 bits per heavy atom. The van der Waals surface area contributed by atoms with Crippen molar-refractivity contribution in [1.82, 2.24) is 20.4 Å². The monoisotopic (exact) mass is 443 g/mol. The summed E-state index contributed by atoms with van der Waals surface area (Å²) in [7, 11) is 0. The number of amides is 3. The zero-order valence-electron chi connectivity index (χ0n) is 18.2. The molecule has 166 valence electrons. The van der Waals surface area contributed by atoms with E-state index in [4.69, 9.17) is 0 Å². The number of carbonyl (C=O) groups excluding carboxylic acids is 3. The van der Waals surface area contributed by atoms with Crippen LogP contribution in [0.3, 0.4) is 0 Å². The molecule has 1 aliphatic rings. The summed E-state index contributed by atoms with van der Waals surface area (Å²) in [6.45, 7) is 7.89. The molecule has 0 atom stereocenters. The van der Waals surface area contributed by atoms with Crippen molar-refractivity contribution in [2.24, 2.45) is 11.8 Å². The van der Waals surface area contributed by atoms with Crippen LogP contribution in [0.25, 0.3) is 0 Å². The minimum absolute atomic E-state index is 0.0681. The van der Waals surface area contributed by atoms with Gasteiger partial charge in [0.05, 0.1) is 0 Å². The Balaban J connectivity index is 1.50. The number of benzene rings is 1. The summed E-state index contributed by atoms with van der Waals surface area (Å²) in [6.07, 6.45) is 2.21. The van der Waals surface area contributed by atoms with Gasteiger partial charge in [-0.1, -0.05) is 42.9 Å². The molecular weight excluding hydrogens is 414 g/mol. The van der Waals surface area contributed by atoms with E-state index in [-0.39, 0.29) is 27.7 Å². The Bertz CT molecular complexity index is 917. The number of piperidine rings is 1. The van der Waals surface area contributed by atoms with Gasteiger partial charge >= 0.3 is 0 Å². The van der Waals surface area contributed by atoms with Crippen LogP contribution >= 0.6 is 11.3 Å². The van der Waals surface area contributed by atoms with Crippen LogP contribution in [0.1, 0.15) is 58.3 Å². The summed E-state index contributed by atoms with van der Waals surface area (Å²) in [5, 5.41) is 13.9. The van der Waals surface area contributed by atoms with Crippen LogP contribution in [0.15, 0.2) is 24.3 Å². The van der Waals surface area contributed by atoms with Gasteiger partial charge in [0.2, 0.25) is 15.9 Å². The number of hydrogen-bond acceptors (Lipinski definition) is 6. The van der Waals surface area contributed by atoms with Crippen molar-refractivity contribution < 1.29 is 14.4 Å². The van der Waals surface area contributed by atoms with E-state index >= 15 is 0 Å². The average molecular weight is 444 g/mol. The van der Waals surface area contributed by atoms with Crippen LogP contribution < -0.4 is 10.6 Å². The molecule has 0 aliphatic carbocycles. The van der Waals surface area contributed by atoms with Gasteiger partial charge in [-0.2, -0.15) is 0 Å². The number of nitrogens with one attached hydrogen (secondary N) is 2. The maximum Gasteiger partial charge on any atom is 0.286 e. The number of aromatic nitrogens is 2. The number of hydrogen-bond donors (Lipinski definition) is 2. The number of anilines is 1. The zero-order valence-corrected chi connectivity index (χ0v) is 19.0. The number of rotatable bonds is 7. The van der Waals surface area contributed by atoms with E-state index in [9.17, 15) is 14.4 Å². The van der Waals surface area contributed by atoms with E-state index in [2.05, 4.69) is 34.7 Å². The summed E-state index contributed by atoms with van der Waals surface area (Å²) in [6, 6.07) is 7.42. The van der Waals surface area contributed by atoms with Gasteiger partial charge < -0.3 is 15.5 Å². The van der Waals surface area contributed by atoms with Gasteiger partial charge in [0, 0.05) is 31.2 Å². The molecule has 2 aromatic rings. The Labute approximate surface area is 186 Å². The highest BCUT2D eigenvalue weighted by molar-refractivity contribution is 7.15. The van der Waals surface area contributed by atoms with Gasteiger partial charge in [-0.15, -0.1) is 10.2 Å². The summed E-state index contributed by atoms with van der Waals surface area (Å²) >= 11 is 0.981. The molecule has 3 amide bonds. The van der Waals surface area contributed by atoms with Crippen LogP contribution in [0.4, 0.5) is 5.69 Å². The molecule has 1 aromatic heterocycles. The molecule has 0 radical (unpaired) electrons. The molecule has 1 fully saturated rings. The average Bonchev–Trinajstić information content (AvgIpc) is 3.25. The first kappa shape index (κ1) is 22.9. The molecule has 9 heteroatoms. The second-order valence-corrected chi connectivity index (χ2v) is 9.25. The second kappa shape index (κ2) is 10.5. The third kappa shape index (κ3) is 6.33. The highest BCUT2D eigenvalue weighted by Crippen LogP contribution is 2.21. The van der Waals surface area contributed by atoms with Crippen LogP contribution in [-0.2, 0) is 4.79 Å². The SMILES string of the molecule is Cc1ccc(NC(=O)c2nnc(C(=O)N3CCC(C(=O)NCCC(C)C)CC3)s2)cc1. The number of nitrogens with zero attached hydrogens (tertiary/aromatic N) is 3. The number of aryl methyl sites for hydroxylation is 1. The number of carbonyl (C=O) groups is 3. The van der Waals surface area contributed by atoms with E-state index in [1.807, 2.05) is 31.2 Å². The van der Waals surface area contributed by atoms with Crippen LogP contribution in [0.5, 0.6) is 0 Å². The fraction of sp³-hybridized carbons (Fsp3) is 0.500.